The number of nitrogens with zero attached hydrogens (tertiary/aromatic N) is 1. The van der Waals surface area contributed by atoms with Crippen molar-refractivity contribution < 1.29 is 4.74 Å². The molecule has 4 heteroatoms. The number of rotatable bonds is 5. The molecule has 0 saturated carbocycles. The normalized spacial score (nSPS) is 10.4. The first-order valence-corrected chi connectivity index (χ1v) is 6.91. The summed E-state index contributed by atoms with van der Waals surface area (Å²) >= 11 is 6.05. The molecule has 3 nitrogen and oxygen atoms in total. The summed E-state index contributed by atoms with van der Waals surface area (Å²) in [5.41, 5.74) is 7.78. The predicted octanol–water partition coefficient (Wildman–Crippen LogP) is 3.70. The molecule has 0 saturated heterocycles. The Balaban J connectivity index is 2.29. The van der Waals surface area contributed by atoms with E-state index in [1.165, 1.54) is 0 Å². The number of nitrogens with two attached hydrogens (primary N) is 1. The Morgan fingerprint density at radius 2 is 1.95 bits per heavy atom. The van der Waals surface area contributed by atoms with Crippen LogP contribution >= 0.6 is 11.6 Å². The summed E-state index contributed by atoms with van der Waals surface area (Å²) in [6.07, 6.45) is 0.764. The molecule has 2 aromatic rings. The second kappa shape index (κ2) is 6.64. The lowest BCUT2D eigenvalue weighted by molar-refractivity contribution is 0.476. The number of ether oxygens (including phenoxy) is 1. The van der Waals surface area contributed by atoms with Gasteiger partial charge in [-0.15, -0.1) is 0 Å². The average molecular weight is 291 g/mol. The van der Waals surface area contributed by atoms with Gasteiger partial charge in [0.05, 0.1) is 0 Å². The molecule has 0 aliphatic rings. The van der Waals surface area contributed by atoms with Crippen LogP contribution < -0.4 is 15.4 Å². The highest BCUT2D eigenvalue weighted by Crippen LogP contribution is 2.30. The van der Waals surface area contributed by atoms with Gasteiger partial charge >= 0.3 is 0 Å². The number of anilines is 1. The van der Waals surface area contributed by atoms with Crippen molar-refractivity contribution in [2.24, 2.45) is 5.73 Å². The lowest BCUT2D eigenvalue weighted by Gasteiger charge is -2.15. The molecule has 20 heavy (non-hydrogen) atoms. The van der Waals surface area contributed by atoms with Gasteiger partial charge in [-0.1, -0.05) is 23.7 Å². The first-order chi connectivity index (χ1) is 9.60. The Kier molecular flexibility index (Phi) is 4.88. The van der Waals surface area contributed by atoms with E-state index >= 15 is 0 Å². The molecule has 2 rings (SSSR count). The van der Waals surface area contributed by atoms with Crippen LogP contribution in [0, 0.1) is 0 Å². The van der Waals surface area contributed by atoms with Crippen LogP contribution in [-0.4, -0.2) is 20.6 Å². The molecule has 0 atom stereocenters. The highest BCUT2D eigenvalue weighted by Gasteiger charge is 2.07. The van der Waals surface area contributed by atoms with Crippen LogP contribution in [0.4, 0.5) is 5.69 Å². The first kappa shape index (κ1) is 14.7. The van der Waals surface area contributed by atoms with E-state index in [4.69, 9.17) is 22.1 Å². The fourth-order valence-electron chi connectivity index (χ4n) is 1.94. The Labute approximate surface area is 124 Å². The molecule has 0 bridgehead atoms. The van der Waals surface area contributed by atoms with Crippen LogP contribution in [0.1, 0.15) is 5.56 Å². The molecular formula is C16H19ClN2O. The summed E-state index contributed by atoms with van der Waals surface area (Å²) in [6, 6.07) is 13.6. The van der Waals surface area contributed by atoms with E-state index in [0.29, 0.717) is 11.6 Å². The van der Waals surface area contributed by atoms with Crippen molar-refractivity contribution in [3.63, 3.8) is 0 Å². The quantitative estimate of drug-likeness (QED) is 0.912. The molecule has 2 N–H and O–H groups in total. The Morgan fingerprint density at radius 3 is 2.65 bits per heavy atom. The summed E-state index contributed by atoms with van der Waals surface area (Å²) < 4.78 is 5.97. The molecule has 0 spiro atoms. The topological polar surface area (TPSA) is 38.5 Å². The van der Waals surface area contributed by atoms with Gasteiger partial charge in [0.1, 0.15) is 11.5 Å². The van der Waals surface area contributed by atoms with Crippen molar-refractivity contribution in [1.82, 2.24) is 0 Å². The van der Waals surface area contributed by atoms with Gasteiger partial charge in [0.25, 0.3) is 0 Å². The molecule has 106 valence electrons. The Bertz CT molecular complexity index is 584. The number of halogens is 1. The molecule has 0 heterocycles. The second-order valence-corrected chi connectivity index (χ2v) is 5.22. The van der Waals surface area contributed by atoms with E-state index in [0.717, 1.165) is 29.2 Å². The molecule has 0 aromatic heterocycles. The fourth-order valence-corrected chi connectivity index (χ4v) is 2.10. The number of hydrogen-bond donors (Lipinski definition) is 1. The zero-order valence-electron chi connectivity index (χ0n) is 11.8. The van der Waals surface area contributed by atoms with Gasteiger partial charge in [-0.2, -0.15) is 0 Å². The maximum Gasteiger partial charge on any atom is 0.132 e. The average Bonchev–Trinajstić information content (AvgIpc) is 2.42. The van der Waals surface area contributed by atoms with Gasteiger partial charge in [-0.25, -0.2) is 0 Å². The molecule has 0 amide bonds. The minimum atomic E-state index is 0.579. The third kappa shape index (κ3) is 3.65. The molecular weight excluding hydrogens is 272 g/mol. The molecule has 0 fully saturated rings. The zero-order valence-corrected chi connectivity index (χ0v) is 12.5. The summed E-state index contributed by atoms with van der Waals surface area (Å²) in [6.45, 7) is 0.579. The Morgan fingerprint density at radius 1 is 1.15 bits per heavy atom. The molecule has 0 radical (unpaired) electrons. The standard InChI is InChI=1S/C16H19ClN2O/c1-19(2)14-4-3-5-15(11-14)20-16-10-13(17)7-6-12(16)8-9-18/h3-7,10-11H,8-9,18H2,1-2H3. The molecule has 0 aliphatic carbocycles. The monoisotopic (exact) mass is 290 g/mol. The number of hydrogen-bond acceptors (Lipinski definition) is 3. The van der Waals surface area contributed by atoms with Gasteiger partial charge in [0, 0.05) is 30.9 Å². The van der Waals surface area contributed by atoms with E-state index in [-0.39, 0.29) is 0 Å². The van der Waals surface area contributed by atoms with Crippen LogP contribution in [0.2, 0.25) is 5.02 Å². The van der Waals surface area contributed by atoms with Crippen LogP contribution in [0.15, 0.2) is 42.5 Å². The largest absolute Gasteiger partial charge is 0.457 e. The molecule has 2 aromatic carbocycles. The second-order valence-electron chi connectivity index (χ2n) is 4.78. The van der Waals surface area contributed by atoms with Gasteiger partial charge in [0.15, 0.2) is 0 Å². The van der Waals surface area contributed by atoms with Crippen LogP contribution in [-0.2, 0) is 6.42 Å². The lowest BCUT2D eigenvalue weighted by atomic mass is 10.1. The van der Waals surface area contributed by atoms with Crippen LogP contribution in [0.25, 0.3) is 0 Å². The van der Waals surface area contributed by atoms with Gasteiger partial charge < -0.3 is 15.4 Å². The Hall–Kier alpha value is -1.71. The van der Waals surface area contributed by atoms with Gasteiger partial charge in [-0.3, -0.25) is 0 Å². The summed E-state index contributed by atoms with van der Waals surface area (Å²) in [5, 5.41) is 0.657. The van der Waals surface area contributed by atoms with Gasteiger partial charge in [-0.05, 0) is 42.8 Å². The minimum absolute atomic E-state index is 0.579. The highest BCUT2D eigenvalue weighted by atomic mass is 35.5. The smallest absolute Gasteiger partial charge is 0.132 e. The third-order valence-electron chi connectivity index (χ3n) is 3.00. The van der Waals surface area contributed by atoms with Crippen LogP contribution in [0.3, 0.4) is 0 Å². The van der Waals surface area contributed by atoms with E-state index < -0.39 is 0 Å². The molecule has 0 unspecified atom stereocenters. The summed E-state index contributed by atoms with van der Waals surface area (Å²) in [5.74, 6) is 1.55. The van der Waals surface area contributed by atoms with E-state index in [1.54, 1.807) is 0 Å². The minimum Gasteiger partial charge on any atom is -0.457 e. The van der Waals surface area contributed by atoms with Crippen molar-refractivity contribution in [1.29, 1.82) is 0 Å². The fraction of sp³-hybridized carbons (Fsp3) is 0.250. The summed E-state index contributed by atoms with van der Waals surface area (Å²) in [7, 11) is 4.00. The van der Waals surface area contributed by atoms with E-state index in [2.05, 4.69) is 0 Å². The number of benzene rings is 2. The third-order valence-corrected chi connectivity index (χ3v) is 3.24. The van der Waals surface area contributed by atoms with Crippen molar-refractivity contribution >= 4 is 17.3 Å². The zero-order chi connectivity index (χ0) is 14.5. The van der Waals surface area contributed by atoms with Crippen molar-refractivity contribution in [3.8, 4) is 11.5 Å². The van der Waals surface area contributed by atoms with Crippen molar-refractivity contribution in [2.75, 3.05) is 25.5 Å². The summed E-state index contributed by atoms with van der Waals surface area (Å²) in [4.78, 5) is 2.03. The predicted molar refractivity (Wildman–Crippen MR) is 85.1 cm³/mol. The maximum absolute atomic E-state index is 6.05. The van der Waals surface area contributed by atoms with Crippen LogP contribution in [0.5, 0.6) is 11.5 Å². The van der Waals surface area contributed by atoms with Gasteiger partial charge in [0.2, 0.25) is 0 Å². The SMILES string of the molecule is CN(C)c1cccc(Oc2cc(Cl)ccc2CCN)c1. The van der Waals surface area contributed by atoms with Crippen molar-refractivity contribution in [3.05, 3.63) is 53.1 Å². The maximum atomic E-state index is 6.05. The van der Waals surface area contributed by atoms with Crippen molar-refractivity contribution in [2.45, 2.75) is 6.42 Å². The first-order valence-electron chi connectivity index (χ1n) is 6.54. The van der Waals surface area contributed by atoms with E-state index in [1.807, 2.05) is 61.5 Å². The van der Waals surface area contributed by atoms with E-state index in [9.17, 15) is 0 Å². The molecule has 0 aliphatic heterocycles. The highest BCUT2D eigenvalue weighted by molar-refractivity contribution is 6.30. The lowest BCUT2D eigenvalue weighted by Crippen LogP contribution is -2.08.